The number of carboxylic acid groups (broad SMARTS) is 2. The van der Waals surface area contributed by atoms with E-state index in [9.17, 15) is 14.4 Å². The molecule has 0 unspecified atom stereocenters. The number of carbonyl (C=O) groups excluding carboxylic acids is 1. The van der Waals surface area contributed by atoms with Gasteiger partial charge in [0.2, 0.25) is 0 Å². The van der Waals surface area contributed by atoms with Gasteiger partial charge in [0.15, 0.2) is 0 Å². The molecule has 2 heterocycles. The van der Waals surface area contributed by atoms with E-state index in [1.165, 1.54) is 12.1 Å². The number of benzene rings is 1. The van der Waals surface area contributed by atoms with Gasteiger partial charge >= 0.3 is 11.9 Å². The number of aromatic carboxylic acids is 1. The summed E-state index contributed by atoms with van der Waals surface area (Å²) in [6, 6.07) is 6.26. The van der Waals surface area contributed by atoms with Gasteiger partial charge in [-0.15, -0.1) is 0 Å². The second kappa shape index (κ2) is 9.37. The zero-order valence-corrected chi connectivity index (χ0v) is 16.8. The minimum atomic E-state index is -1.02. The van der Waals surface area contributed by atoms with Gasteiger partial charge in [-0.05, 0) is 50.1 Å². The fourth-order valence-electron chi connectivity index (χ4n) is 4.37. The van der Waals surface area contributed by atoms with E-state index in [-0.39, 0.29) is 23.8 Å². The third-order valence-corrected chi connectivity index (χ3v) is 6.10. The molecule has 0 aromatic heterocycles. The average molecular weight is 403 g/mol. The van der Waals surface area contributed by atoms with Crippen molar-refractivity contribution in [3.05, 3.63) is 35.4 Å². The van der Waals surface area contributed by atoms with Crippen molar-refractivity contribution in [1.29, 1.82) is 0 Å². The highest BCUT2D eigenvalue weighted by atomic mass is 16.4. The Morgan fingerprint density at radius 2 is 1.59 bits per heavy atom. The molecule has 2 aliphatic rings. The van der Waals surface area contributed by atoms with Crippen LogP contribution in [0.3, 0.4) is 0 Å². The second-order valence-electron chi connectivity index (χ2n) is 8.02. The average Bonchev–Trinajstić information content (AvgIpc) is 2.72. The molecule has 0 aliphatic carbocycles. The number of hydrogen-bond donors (Lipinski definition) is 2. The molecule has 2 saturated heterocycles. The lowest BCUT2D eigenvalue weighted by Crippen LogP contribution is -2.57. The van der Waals surface area contributed by atoms with E-state index in [2.05, 4.69) is 16.8 Å². The number of aliphatic carboxylic acids is 1. The van der Waals surface area contributed by atoms with Gasteiger partial charge in [0.25, 0.3) is 5.91 Å². The summed E-state index contributed by atoms with van der Waals surface area (Å²) >= 11 is 0. The Morgan fingerprint density at radius 3 is 2.17 bits per heavy atom. The lowest BCUT2D eigenvalue weighted by Gasteiger charge is -2.46. The number of piperidine rings is 1. The van der Waals surface area contributed by atoms with Gasteiger partial charge in [-0.1, -0.05) is 0 Å². The van der Waals surface area contributed by atoms with Crippen molar-refractivity contribution in [3.63, 3.8) is 0 Å². The molecule has 2 atom stereocenters. The number of likely N-dealkylation sites (tertiary alicyclic amines) is 1. The topological polar surface area (TPSA) is 101 Å². The van der Waals surface area contributed by atoms with Crippen LogP contribution in [0.25, 0.3) is 0 Å². The van der Waals surface area contributed by atoms with Crippen LogP contribution in [0.1, 0.15) is 40.0 Å². The molecule has 8 nitrogen and oxygen atoms in total. The first-order valence-corrected chi connectivity index (χ1v) is 10.1. The first kappa shape index (κ1) is 21.3. The third-order valence-electron chi connectivity index (χ3n) is 6.10. The number of amides is 1. The summed E-state index contributed by atoms with van der Waals surface area (Å²) < 4.78 is 0. The van der Waals surface area contributed by atoms with E-state index in [0.29, 0.717) is 31.1 Å². The van der Waals surface area contributed by atoms with Gasteiger partial charge < -0.3 is 20.0 Å². The fourth-order valence-corrected chi connectivity index (χ4v) is 4.37. The molecule has 3 rings (SSSR count). The number of carbonyl (C=O) groups is 3. The molecule has 2 fully saturated rings. The summed E-state index contributed by atoms with van der Waals surface area (Å²) in [5, 5.41) is 18.2. The summed E-state index contributed by atoms with van der Waals surface area (Å²) in [5.74, 6) is -1.84. The maximum Gasteiger partial charge on any atom is 0.335 e. The van der Waals surface area contributed by atoms with Crippen LogP contribution in [0.15, 0.2) is 24.3 Å². The molecule has 158 valence electrons. The quantitative estimate of drug-likeness (QED) is 0.739. The van der Waals surface area contributed by atoms with Gasteiger partial charge in [-0.25, -0.2) is 4.79 Å². The predicted molar refractivity (Wildman–Crippen MR) is 107 cm³/mol. The molecule has 2 N–H and O–H groups in total. The highest BCUT2D eigenvalue weighted by molar-refractivity contribution is 5.96. The summed E-state index contributed by atoms with van der Waals surface area (Å²) in [6.45, 7) is 5.09. The number of carboxylic acids is 2. The molecule has 1 amide bonds. The van der Waals surface area contributed by atoms with E-state index >= 15 is 0 Å². The third kappa shape index (κ3) is 5.33. The largest absolute Gasteiger partial charge is 0.481 e. The zero-order valence-electron chi connectivity index (χ0n) is 16.8. The highest BCUT2D eigenvalue weighted by Gasteiger charge is 2.36. The Hall–Kier alpha value is -2.45. The van der Waals surface area contributed by atoms with Crippen LogP contribution in [0, 0.1) is 5.92 Å². The van der Waals surface area contributed by atoms with Crippen molar-refractivity contribution >= 4 is 17.8 Å². The van der Waals surface area contributed by atoms with Crippen molar-refractivity contribution in [1.82, 2.24) is 14.7 Å². The number of likely N-dealkylation sites (N-methyl/N-ethyl adjacent to an activating group) is 1. The normalized spacial score (nSPS) is 23.7. The molecule has 0 bridgehead atoms. The molecular weight excluding hydrogens is 374 g/mol. The Bertz CT molecular complexity index is 743. The highest BCUT2D eigenvalue weighted by Crippen LogP contribution is 2.28. The summed E-state index contributed by atoms with van der Waals surface area (Å²) in [7, 11) is 2.11. The SMILES string of the molecule is CN1CCN([C@H]2CCN(C(=O)c3ccc(C(=O)O)cc3)C[C@H]2CCC(=O)O)CC1. The molecule has 0 spiro atoms. The zero-order chi connectivity index (χ0) is 21.0. The Morgan fingerprint density at radius 1 is 0.966 bits per heavy atom. The van der Waals surface area contributed by atoms with E-state index in [1.54, 1.807) is 17.0 Å². The van der Waals surface area contributed by atoms with Gasteiger partial charge in [0, 0.05) is 57.3 Å². The van der Waals surface area contributed by atoms with E-state index in [4.69, 9.17) is 10.2 Å². The molecule has 29 heavy (non-hydrogen) atoms. The van der Waals surface area contributed by atoms with Crippen LogP contribution in [-0.2, 0) is 4.79 Å². The number of rotatable bonds is 6. The minimum absolute atomic E-state index is 0.101. The first-order valence-electron chi connectivity index (χ1n) is 10.1. The maximum absolute atomic E-state index is 12.9. The van der Waals surface area contributed by atoms with E-state index in [0.717, 1.165) is 32.6 Å². The van der Waals surface area contributed by atoms with Crippen molar-refractivity contribution < 1.29 is 24.6 Å². The number of nitrogens with zero attached hydrogens (tertiary/aromatic N) is 3. The van der Waals surface area contributed by atoms with Crippen LogP contribution in [0.4, 0.5) is 0 Å². The molecule has 2 aliphatic heterocycles. The maximum atomic E-state index is 12.9. The van der Waals surface area contributed by atoms with Gasteiger partial charge in [-0.2, -0.15) is 0 Å². The van der Waals surface area contributed by atoms with Gasteiger partial charge in [0.1, 0.15) is 0 Å². The summed E-state index contributed by atoms with van der Waals surface area (Å²) in [6.07, 6.45) is 1.48. The number of hydrogen-bond acceptors (Lipinski definition) is 5. The predicted octanol–water partition coefficient (Wildman–Crippen LogP) is 1.33. The van der Waals surface area contributed by atoms with Crippen molar-refractivity contribution in [2.75, 3.05) is 46.3 Å². The molecule has 1 aromatic rings. The van der Waals surface area contributed by atoms with Crippen LogP contribution in [-0.4, -0.2) is 95.1 Å². The van der Waals surface area contributed by atoms with Gasteiger partial charge in [0.05, 0.1) is 5.56 Å². The molecule has 0 saturated carbocycles. The lowest BCUT2D eigenvalue weighted by atomic mass is 9.86. The van der Waals surface area contributed by atoms with E-state index < -0.39 is 11.9 Å². The summed E-state index contributed by atoms with van der Waals surface area (Å²) in [4.78, 5) is 41.6. The van der Waals surface area contributed by atoms with E-state index in [1.807, 2.05) is 0 Å². The Balaban J connectivity index is 1.69. The van der Waals surface area contributed by atoms with Crippen LogP contribution in [0.5, 0.6) is 0 Å². The summed E-state index contributed by atoms with van der Waals surface area (Å²) in [5.41, 5.74) is 0.611. The lowest BCUT2D eigenvalue weighted by molar-refractivity contribution is -0.137. The molecular formula is C21H29N3O5. The Labute approximate surface area is 170 Å². The standard InChI is InChI=1S/C21H29N3O5/c1-22-10-12-23(13-11-22)18-8-9-24(14-17(18)6-7-19(25)26)20(27)15-2-4-16(5-3-15)21(28)29/h2-5,17-18H,6-14H2,1H3,(H,25,26)(H,28,29)/t17-,18+/m1/s1. The number of piperazine rings is 1. The smallest absolute Gasteiger partial charge is 0.335 e. The van der Waals surface area contributed by atoms with Crippen molar-refractivity contribution in [2.24, 2.45) is 5.92 Å². The van der Waals surface area contributed by atoms with Crippen LogP contribution in [0.2, 0.25) is 0 Å². The second-order valence-corrected chi connectivity index (χ2v) is 8.02. The van der Waals surface area contributed by atoms with Gasteiger partial charge in [-0.3, -0.25) is 14.5 Å². The molecule has 8 heteroatoms. The first-order chi connectivity index (χ1) is 13.8. The molecule has 0 radical (unpaired) electrons. The Kier molecular flexibility index (Phi) is 6.87. The van der Waals surface area contributed by atoms with Crippen LogP contribution < -0.4 is 0 Å². The monoisotopic (exact) mass is 403 g/mol. The molecule has 1 aromatic carbocycles. The fraction of sp³-hybridized carbons (Fsp3) is 0.571. The van der Waals surface area contributed by atoms with Crippen molar-refractivity contribution in [3.8, 4) is 0 Å². The van der Waals surface area contributed by atoms with Crippen molar-refractivity contribution in [2.45, 2.75) is 25.3 Å². The van der Waals surface area contributed by atoms with Crippen LogP contribution >= 0.6 is 0 Å². The minimum Gasteiger partial charge on any atom is -0.481 e.